The second kappa shape index (κ2) is 5.59. The summed E-state index contributed by atoms with van der Waals surface area (Å²) in [4.78, 5) is 10.2. The van der Waals surface area contributed by atoms with Gasteiger partial charge >= 0.3 is 24.1 Å². The Kier molecular flexibility index (Phi) is 4.50. The van der Waals surface area contributed by atoms with Crippen LogP contribution >= 0.6 is 0 Å². The first-order chi connectivity index (χ1) is 9.01. The van der Waals surface area contributed by atoms with Crippen molar-refractivity contribution in [3.8, 4) is 12.0 Å². The molecule has 0 radical (unpaired) electrons. The summed E-state index contributed by atoms with van der Waals surface area (Å²) >= 11 is 0. The van der Waals surface area contributed by atoms with Gasteiger partial charge in [0, 0.05) is 0 Å². The van der Waals surface area contributed by atoms with E-state index in [-0.39, 0.29) is 12.1 Å². The number of nitrogens with zero attached hydrogens (tertiary/aromatic N) is 3. The Bertz CT molecular complexity index is 466. The Balaban J connectivity index is 2.81. The predicted octanol–water partition coefficient (Wildman–Crippen LogP) is 1.82. The summed E-state index contributed by atoms with van der Waals surface area (Å²) in [6.07, 6.45) is -6.09. The molecule has 1 heterocycles. The van der Waals surface area contributed by atoms with Gasteiger partial charge in [-0.15, -0.1) is 4.98 Å². The Morgan fingerprint density at radius 2 is 1.60 bits per heavy atom. The van der Waals surface area contributed by atoms with Gasteiger partial charge in [0.05, 0.1) is 6.10 Å². The van der Waals surface area contributed by atoms with Crippen molar-refractivity contribution < 1.29 is 31.4 Å². The van der Waals surface area contributed by atoms with Crippen molar-refractivity contribution in [2.75, 3.05) is 12.3 Å². The van der Waals surface area contributed by atoms with Gasteiger partial charge in [-0.3, -0.25) is 0 Å². The molecule has 0 spiro atoms. The lowest BCUT2D eigenvalue weighted by Crippen LogP contribution is -2.42. The normalized spacial score (nSPS) is 12.6. The first-order valence-corrected chi connectivity index (χ1v) is 5.27. The van der Waals surface area contributed by atoms with Crippen LogP contribution in [0.2, 0.25) is 0 Å². The van der Waals surface area contributed by atoms with E-state index in [4.69, 9.17) is 10.5 Å². The molecular weight excluding hydrogens is 291 g/mol. The first kappa shape index (κ1) is 16.1. The molecule has 0 saturated carbocycles. The molecule has 20 heavy (non-hydrogen) atoms. The fourth-order valence-corrected chi connectivity index (χ4v) is 0.918. The zero-order chi connectivity index (χ0) is 15.6. The third kappa shape index (κ3) is 4.31. The van der Waals surface area contributed by atoms with Gasteiger partial charge in [0.1, 0.15) is 0 Å². The molecule has 0 unspecified atom stereocenters. The Morgan fingerprint density at radius 3 is 2.10 bits per heavy atom. The minimum absolute atomic E-state index is 0.335. The van der Waals surface area contributed by atoms with Crippen LogP contribution in [0.5, 0.6) is 12.0 Å². The van der Waals surface area contributed by atoms with E-state index in [1.165, 1.54) is 0 Å². The molecular formula is C9H11F5N4O2. The molecule has 0 aliphatic carbocycles. The molecule has 11 heteroatoms. The van der Waals surface area contributed by atoms with Crippen LogP contribution in [0, 0.1) is 0 Å². The molecule has 0 aliphatic heterocycles. The second-order valence-corrected chi connectivity index (χ2v) is 3.92. The maximum absolute atomic E-state index is 12.6. The van der Waals surface area contributed by atoms with Crippen LogP contribution in [0.4, 0.5) is 27.9 Å². The van der Waals surface area contributed by atoms with Crippen molar-refractivity contribution >= 4 is 5.95 Å². The summed E-state index contributed by atoms with van der Waals surface area (Å²) in [5, 5.41) is 0. The molecule has 1 rings (SSSR count). The standard InChI is InChI=1S/C9H11F5N4O2/c1-4(2)20-7-17-5(15)16-6(18-7)19-3-8(10,11)9(12,13)14/h4H,3H2,1-2H3,(H2,15,16,17,18). The summed E-state index contributed by atoms with van der Waals surface area (Å²) in [5.41, 5.74) is 5.23. The number of nitrogen functional groups attached to an aromatic ring is 1. The summed E-state index contributed by atoms with van der Waals surface area (Å²) in [6.45, 7) is 1.28. The number of hydrogen-bond acceptors (Lipinski definition) is 6. The molecule has 0 fully saturated rings. The van der Waals surface area contributed by atoms with Gasteiger partial charge in [0.15, 0.2) is 6.61 Å². The lowest BCUT2D eigenvalue weighted by molar-refractivity contribution is -0.290. The van der Waals surface area contributed by atoms with Crippen LogP contribution < -0.4 is 15.2 Å². The van der Waals surface area contributed by atoms with E-state index in [0.29, 0.717) is 0 Å². The number of hydrogen-bond donors (Lipinski definition) is 1. The zero-order valence-corrected chi connectivity index (χ0v) is 10.4. The summed E-state index contributed by atoms with van der Waals surface area (Å²) in [6, 6.07) is -1.12. The molecule has 2 N–H and O–H groups in total. The van der Waals surface area contributed by atoms with Gasteiger partial charge < -0.3 is 15.2 Å². The average molecular weight is 302 g/mol. The third-order valence-electron chi connectivity index (χ3n) is 1.75. The van der Waals surface area contributed by atoms with Gasteiger partial charge in [-0.25, -0.2) is 0 Å². The number of alkyl halides is 5. The predicted molar refractivity (Wildman–Crippen MR) is 56.5 cm³/mol. The topological polar surface area (TPSA) is 83.2 Å². The lowest BCUT2D eigenvalue weighted by Gasteiger charge is -2.19. The molecule has 0 atom stereocenters. The maximum Gasteiger partial charge on any atom is 0.456 e. The number of ether oxygens (including phenoxy) is 2. The summed E-state index contributed by atoms with van der Waals surface area (Å²) < 4.78 is 70.3. The molecule has 6 nitrogen and oxygen atoms in total. The Labute approximate surface area is 110 Å². The molecule has 1 aromatic heterocycles. The van der Waals surface area contributed by atoms with E-state index < -0.39 is 30.7 Å². The Morgan fingerprint density at radius 1 is 1.05 bits per heavy atom. The monoisotopic (exact) mass is 302 g/mol. The van der Waals surface area contributed by atoms with Crippen molar-refractivity contribution in [2.45, 2.75) is 32.1 Å². The van der Waals surface area contributed by atoms with E-state index in [1.807, 2.05) is 0 Å². The highest BCUT2D eigenvalue weighted by Crippen LogP contribution is 2.35. The van der Waals surface area contributed by atoms with Crippen LogP contribution in [0.1, 0.15) is 13.8 Å². The third-order valence-corrected chi connectivity index (χ3v) is 1.75. The molecule has 0 aromatic carbocycles. The molecule has 0 saturated heterocycles. The maximum atomic E-state index is 12.6. The van der Waals surface area contributed by atoms with Crippen LogP contribution in [-0.4, -0.2) is 39.8 Å². The fraction of sp³-hybridized carbons (Fsp3) is 0.667. The van der Waals surface area contributed by atoms with E-state index in [1.54, 1.807) is 13.8 Å². The van der Waals surface area contributed by atoms with Crippen LogP contribution in [-0.2, 0) is 0 Å². The molecule has 0 amide bonds. The lowest BCUT2D eigenvalue weighted by atomic mass is 10.3. The van der Waals surface area contributed by atoms with Crippen molar-refractivity contribution in [3.63, 3.8) is 0 Å². The fourth-order valence-electron chi connectivity index (χ4n) is 0.918. The van der Waals surface area contributed by atoms with Crippen molar-refractivity contribution in [1.29, 1.82) is 0 Å². The van der Waals surface area contributed by atoms with Crippen LogP contribution in [0.25, 0.3) is 0 Å². The number of halogens is 5. The van der Waals surface area contributed by atoms with Crippen molar-refractivity contribution in [1.82, 2.24) is 15.0 Å². The highest BCUT2D eigenvalue weighted by molar-refractivity contribution is 5.20. The quantitative estimate of drug-likeness (QED) is 0.835. The molecule has 0 aliphatic rings. The van der Waals surface area contributed by atoms with E-state index in [2.05, 4.69) is 19.7 Å². The average Bonchev–Trinajstić information content (AvgIpc) is 2.23. The van der Waals surface area contributed by atoms with Gasteiger partial charge in [0.25, 0.3) is 0 Å². The number of aromatic nitrogens is 3. The number of rotatable bonds is 5. The SMILES string of the molecule is CC(C)Oc1nc(N)nc(OCC(F)(F)C(F)(F)F)n1. The van der Waals surface area contributed by atoms with Crippen molar-refractivity contribution in [3.05, 3.63) is 0 Å². The highest BCUT2D eigenvalue weighted by atomic mass is 19.4. The smallest absolute Gasteiger partial charge is 0.456 e. The number of nitrogens with two attached hydrogens (primary N) is 1. The summed E-state index contributed by atoms with van der Waals surface area (Å²) in [5.74, 6) is -5.46. The summed E-state index contributed by atoms with van der Waals surface area (Å²) in [7, 11) is 0. The minimum atomic E-state index is -5.73. The largest absolute Gasteiger partial charge is 0.461 e. The van der Waals surface area contributed by atoms with E-state index >= 15 is 0 Å². The Hall–Kier alpha value is -1.94. The molecule has 1 aromatic rings. The molecule has 114 valence electrons. The molecule has 0 bridgehead atoms. The van der Waals surface area contributed by atoms with Crippen LogP contribution in [0.15, 0.2) is 0 Å². The number of anilines is 1. The second-order valence-electron chi connectivity index (χ2n) is 3.92. The highest BCUT2D eigenvalue weighted by Gasteiger charge is 2.58. The van der Waals surface area contributed by atoms with Gasteiger partial charge in [-0.2, -0.15) is 31.9 Å². The van der Waals surface area contributed by atoms with Gasteiger partial charge in [0.2, 0.25) is 5.95 Å². The van der Waals surface area contributed by atoms with Crippen LogP contribution in [0.3, 0.4) is 0 Å². The zero-order valence-electron chi connectivity index (χ0n) is 10.4. The van der Waals surface area contributed by atoms with E-state index in [9.17, 15) is 22.0 Å². The van der Waals surface area contributed by atoms with Gasteiger partial charge in [-0.1, -0.05) is 0 Å². The first-order valence-electron chi connectivity index (χ1n) is 5.27. The van der Waals surface area contributed by atoms with Crippen molar-refractivity contribution in [2.24, 2.45) is 0 Å². The minimum Gasteiger partial charge on any atom is -0.461 e. The van der Waals surface area contributed by atoms with Gasteiger partial charge in [-0.05, 0) is 13.8 Å². The van der Waals surface area contributed by atoms with E-state index in [0.717, 1.165) is 0 Å².